The summed E-state index contributed by atoms with van der Waals surface area (Å²) >= 11 is 0. The van der Waals surface area contributed by atoms with E-state index in [1.165, 1.54) is 18.4 Å². The van der Waals surface area contributed by atoms with Crippen molar-refractivity contribution in [1.82, 2.24) is 20.0 Å². The van der Waals surface area contributed by atoms with Crippen molar-refractivity contribution in [3.8, 4) is 0 Å². The van der Waals surface area contributed by atoms with E-state index in [-0.39, 0.29) is 11.9 Å². The molecular weight excluding hydrogens is 324 g/mol. The summed E-state index contributed by atoms with van der Waals surface area (Å²) in [6.07, 6.45) is 9.45. The van der Waals surface area contributed by atoms with E-state index in [1.54, 1.807) is 6.20 Å². The molecule has 1 aromatic heterocycles. The van der Waals surface area contributed by atoms with Crippen LogP contribution in [0.3, 0.4) is 0 Å². The van der Waals surface area contributed by atoms with Gasteiger partial charge in [0, 0.05) is 24.5 Å². The van der Waals surface area contributed by atoms with Gasteiger partial charge in [-0.25, -0.2) is 0 Å². The van der Waals surface area contributed by atoms with E-state index >= 15 is 0 Å². The van der Waals surface area contributed by atoms with Crippen LogP contribution in [0.15, 0.2) is 42.7 Å². The molecule has 2 aromatic rings. The molecule has 1 N–H and O–H groups in total. The van der Waals surface area contributed by atoms with Crippen LogP contribution in [-0.4, -0.2) is 46.3 Å². The molecular formula is C21H28N4O. The second-order valence-electron chi connectivity index (χ2n) is 7.62. The number of benzene rings is 1. The van der Waals surface area contributed by atoms with E-state index in [0.29, 0.717) is 0 Å². The van der Waals surface area contributed by atoms with E-state index in [9.17, 15) is 4.79 Å². The monoisotopic (exact) mass is 352 g/mol. The zero-order valence-electron chi connectivity index (χ0n) is 15.3. The number of amides is 1. The molecule has 2 saturated heterocycles. The Labute approximate surface area is 155 Å². The van der Waals surface area contributed by atoms with Crippen LogP contribution in [-0.2, 0) is 13.0 Å². The van der Waals surface area contributed by atoms with E-state index < -0.39 is 0 Å². The third-order valence-electron chi connectivity index (χ3n) is 5.75. The maximum absolute atomic E-state index is 13.1. The van der Waals surface area contributed by atoms with Gasteiger partial charge in [-0.3, -0.25) is 9.48 Å². The number of piperidine rings is 1. The maximum Gasteiger partial charge on any atom is 0.254 e. The fourth-order valence-corrected chi connectivity index (χ4v) is 4.33. The zero-order valence-corrected chi connectivity index (χ0v) is 15.3. The van der Waals surface area contributed by atoms with Gasteiger partial charge < -0.3 is 10.2 Å². The highest BCUT2D eigenvalue weighted by atomic mass is 16.2. The second-order valence-corrected chi connectivity index (χ2v) is 7.62. The maximum atomic E-state index is 13.1. The minimum atomic E-state index is 0.173. The highest BCUT2D eigenvalue weighted by molar-refractivity contribution is 5.94. The van der Waals surface area contributed by atoms with E-state index in [1.807, 2.05) is 34.0 Å². The predicted octanol–water partition coefficient (Wildman–Crippen LogP) is 2.73. The molecule has 26 heavy (non-hydrogen) atoms. The smallest absolute Gasteiger partial charge is 0.254 e. The number of rotatable bonds is 5. The summed E-state index contributed by atoms with van der Waals surface area (Å²) in [5, 5.41) is 7.72. The Morgan fingerprint density at radius 1 is 1.19 bits per heavy atom. The molecule has 1 aromatic carbocycles. The standard InChI is InChI=1S/C21H28N4O/c26-21(25-13-2-6-20(25)16-24-12-3-9-23-24)19-5-1-4-18(15-19)14-17-7-10-22-11-8-17/h1,3-5,9,12,15,17,20,22H,2,6-8,10-11,13-14,16H2. The highest BCUT2D eigenvalue weighted by Gasteiger charge is 2.30. The summed E-state index contributed by atoms with van der Waals surface area (Å²) < 4.78 is 1.93. The second kappa shape index (κ2) is 8.04. The summed E-state index contributed by atoms with van der Waals surface area (Å²) in [6, 6.07) is 10.5. The zero-order chi connectivity index (χ0) is 17.8. The van der Waals surface area contributed by atoms with Crippen LogP contribution >= 0.6 is 0 Å². The Kier molecular flexibility index (Phi) is 5.34. The van der Waals surface area contributed by atoms with E-state index in [2.05, 4.69) is 22.5 Å². The fraction of sp³-hybridized carbons (Fsp3) is 0.524. The highest BCUT2D eigenvalue weighted by Crippen LogP contribution is 2.23. The molecule has 0 radical (unpaired) electrons. The Morgan fingerprint density at radius 2 is 2.08 bits per heavy atom. The number of nitrogens with one attached hydrogen (secondary N) is 1. The molecule has 5 heteroatoms. The molecule has 2 fully saturated rings. The molecule has 1 amide bonds. The van der Waals surface area contributed by atoms with Crippen LogP contribution in [0.5, 0.6) is 0 Å². The van der Waals surface area contributed by atoms with Crippen molar-refractivity contribution in [2.24, 2.45) is 5.92 Å². The molecule has 0 saturated carbocycles. The predicted molar refractivity (Wildman–Crippen MR) is 102 cm³/mol. The summed E-state index contributed by atoms with van der Waals surface area (Å²) in [4.78, 5) is 15.2. The number of likely N-dealkylation sites (tertiary alicyclic amines) is 1. The molecule has 4 rings (SSSR count). The number of carbonyl (C=O) groups excluding carboxylic acids is 1. The van der Waals surface area contributed by atoms with Gasteiger partial charge in [-0.1, -0.05) is 12.1 Å². The quantitative estimate of drug-likeness (QED) is 0.900. The Balaban J connectivity index is 1.44. The van der Waals surface area contributed by atoms with Crippen molar-refractivity contribution >= 4 is 5.91 Å². The van der Waals surface area contributed by atoms with Crippen LogP contribution < -0.4 is 5.32 Å². The first kappa shape index (κ1) is 17.3. The molecule has 3 heterocycles. The fourth-order valence-electron chi connectivity index (χ4n) is 4.33. The Bertz CT molecular complexity index is 721. The van der Waals surface area contributed by atoms with Crippen LogP contribution in [0.4, 0.5) is 0 Å². The Morgan fingerprint density at radius 3 is 2.88 bits per heavy atom. The van der Waals surface area contributed by atoms with Gasteiger partial charge in [0.1, 0.15) is 0 Å². The average molecular weight is 352 g/mol. The third-order valence-corrected chi connectivity index (χ3v) is 5.75. The van der Waals surface area contributed by atoms with Crippen molar-refractivity contribution in [2.75, 3.05) is 19.6 Å². The van der Waals surface area contributed by atoms with Crippen molar-refractivity contribution in [1.29, 1.82) is 0 Å². The molecule has 0 spiro atoms. The minimum Gasteiger partial charge on any atom is -0.334 e. The SMILES string of the molecule is O=C(c1cccc(CC2CCNCC2)c1)N1CCCC1Cn1cccn1. The van der Waals surface area contributed by atoms with Crippen LogP contribution in [0.1, 0.15) is 41.6 Å². The van der Waals surface area contributed by atoms with Gasteiger partial charge in [0.15, 0.2) is 0 Å². The number of hydrogen-bond donors (Lipinski definition) is 1. The first-order valence-electron chi connectivity index (χ1n) is 9.87. The number of hydrogen-bond acceptors (Lipinski definition) is 3. The molecule has 1 unspecified atom stereocenters. The molecule has 1 atom stereocenters. The summed E-state index contributed by atoms with van der Waals surface area (Å²) in [6.45, 7) is 3.87. The normalized spacial score (nSPS) is 21.2. The van der Waals surface area contributed by atoms with Crippen molar-refractivity contribution in [3.05, 3.63) is 53.9 Å². The van der Waals surface area contributed by atoms with E-state index in [4.69, 9.17) is 0 Å². The lowest BCUT2D eigenvalue weighted by atomic mass is 9.90. The molecule has 0 bridgehead atoms. The third kappa shape index (κ3) is 3.98. The molecule has 2 aliphatic rings. The van der Waals surface area contributed by atoms with Crippen molar-refractivity contribution in [2.45, 2.75) is 44.7 Å². The molecule has 0 aliphatic carbocycles. The van der Waals surface area contributed by atoms with E-state index in [0.717, 1.165) is 56.9 Å². The lowest BCUT2D eigenvalue weighted by Gasteiger charge is -2.25. The lowest BCUT2D eigenvalue weighted by Crippen LogP contribution is -2.38. The summed E-state index contributed by atoms with van der Waals surface area (Å²) in [5.41, 5.74) is 2.13. The average Bonchev–Trinajstić information content (AvgIpc) is 3.35. The summed E-state index contributed by atoms with van der Waals surface area (Å²) in [5.74, 6) is 0.910. The van der Waals surface area contributed by atoms with Crippen molar-refractivity contribution in [3.63, 3.8) is 0 Å². The van der Waals surface area contributed by atoms with Crippen LogP contribution in [0, 0.1) is 5.92 Å². The van der Waals surface area contributed by atoms with Gasteiger partial charge in [0.05, 0.1) is 12.6 Å². The van der Waals surface area contributed by atoms with Gasteiger partial charge >= 0.3 is 0 Å². The summed E-state index contributed by atoms with van der Waals surface area (Å²) in [7, 11) is 0. The van der Waals surface area contributed by atoms with Gasteiger partial charge in [0.25, 0.3) is 5.91 Å². The Hall–Kier alpha value is -2.14. The number of aromatic nitrogens is 2. The van der Waals surface area contributed by atoms with Gasteiger partial charge in [-0.15, -0.1) is 0 Å². The first-order valence-corrected chi connectivity index (χ1v) is 9.87. The number of carbonyl (C=O) groups is 1. The first-order chi connectivity index (χ1) is 12.8. The van der Waals surface area contributed by atoms with Gasteiger partial charge in [-0.05, 0) is 74.9 Å². The minimum absolute atomic E-state index is 0.173. The lowest BCUT2D eigenvalue weighted by molar-refractivity contribution is 0.0721. The van der Waals surface area contributed by atoms with Gasteiger partial charge in [0.2, 0.25) is 0 Å². The largest absolute Gasteiger partial charge is 0.334 e. The van der Waals surface area contributed by atoms with Crippen LogP contribution in [0.25, 0.3) is 0 Å². The molecule has 2 aliphatic heterocycles. The van der Waals surface area contributed by atoms with Gasteiger partial charge in [-0.2, -0.15) is 5.10 Å². The van der Waals surface area contributed by atoms with Crippen molar-refractivity contribution < 1.29 is 4.79 Å². The topological polar surface area (TPSA) is 50.2 Å². The number of nitrogens with zero attached hydrogens (tertiary/aromatic N) is 3. The molecule has 5 nitrogen and oxygen atoms in total. The molecule has 138 valence electrons. The van der Waals surface area contributed by atoms with Crippen LogP contribution in [0.2, 0.25) is 0 Å².